The van der Waals surface area contributed by atoms with Crippen LogP contribution in [0.15, 0.2) is 51.8 Å². The van der Waals surface area contributed by atoms with Crippen LogP contribution in [-0.2, 0) is 16.4 Å². The van der Waals surface area contributed by atoms with Gasteiger partial charge in [-0.25, -0.2) is 12.8 Å². The molecule has 0 radical (unpaired) electrons. The van der Waals surface area contributed by atoms with Crippen LogP contribution >= 0.6 is 15.9 Å². The van der Waals surface area contributed by atoms with Crippen LogP contribution in [0, 0.1) is 5.82 Å². The Labute approximate surface area is 137 Å². The fourth-order valence-corrected chi connectivity index (χ4v) is 4.76. The normalized spacial score (nSPS) is 18.1. The number of nitrogens with zero attached hydrogens (tertiary/aromatic N) is 1. The average Bonchev–Trinajstić information content (AvgIpc) is 2.47. The van der Waals surface area contributed by atoms with E-state index in [0.29, 0.717) is 18.5 Å². The van der Waals surface area contributed by atoms with Crippen molar-refractivity contribution in [3.8, 4) is 0 Å². The van der Waals surface area contributed by atoms with E-state index in [9.17, 15) is 12.8 Å². The smallest absolute Gasteiger partial charge is 0.263 e. The molecule has 0 unspecified atom stereocenters. The summed E-state index contributed by atoms with van der Waals surface area (Å²) in [6.07, 6.45) is 1.35. The van der Waals surface area contributed by atoms with E-state index in [-0.39, 0.29) is 16.8 Å². The molecule has 0 amide bonds. The zero-order chi connectivity index (χ0) is 15.9. The number of hydrogen-bond acceptors (Lipinski definition) is 2. The molecule has 0 spiro atoms. The number of benzene rings is 2. The number of aryl methyl sites for hydroxylation is 1. The lowest BCUT2D eigenvalue weighted by molar-refractivity contribution is 0.560. The maximum absolute atomic E-state index is 13.4. The van der Waals surface area contributed by atoms with Crippen LogP contribution in [-0.4, -0.2) is 14.5 Å². The minimum atomic E-state index is -3.66. The predicted molar refractivity (Wildman–Crippen MR) is 88.0 cm³/mol. The lowest BCUT2D eigenvalue weighted by Gasteiger charge is -2.36. The number of sulfonamides is 1. The van der Waals surface area contributed by atoms with E-state index in [1.807, 2.05) is 6.92 Å². The minimum Gasteiger partial charge on any atom is -0.263 e. The summed E-state index contributed by atoms with van der Waals surface area (Å²) in [5.74, 6) is -0.339. The highest BCUT2D eigenvalue weighted by Gasteiger charge is 2.33. The van der Waals surface area contributed by atoms with Gasteiger partial charge in [0.05, 0.1) is 10.6 Å². The molecule has 0 aliphatic carbocycles. The lowest BCUT2D eigenvalue weighted by atomic mass is 9.99. The second-order valence-electron chi connectivity index (χ2n) is 5.42. The van der Waals surface area contributed by atoms with Crippen LogP contribution in [0.3, 0.4) is 0 Å². The number of hydrogen-bond donors (Lipinski definition) is 0. The Balaban J connectivity index is 2.12. The van der Waals surface area contributed by atoms with E-state index in [4.69, 9.17) is 0 Å². The molecule has 22 heavy (non-hydrogen) atoms. The Morgan fingerprint density at radius 3 is 2.55 bits per heavy atom. The van der Waals surface area contributed by atoms with Crippen molar-refractivity contribution < 1.29 is 12.8 Å². The lowest BCUT2D eigenvalue weighted by Crippen LogP contribution is -2.42. The highest BCUT2D eigenvalue weighted by atomic mass is 79.9. The largest absolute Gasteiger partial charge is 0.264 e. The van der Waals surface area contributed by atoms with Crippen molar-refractivity contribution in [2.45, 2.75) is 30.7 Å². The number of anilines is 1. The molecular formula is C16H15BrFNO2S. The maximum Gasteiger partial charge on any atom is 0.264 e. The monoisotopic (exact) mass is 383 g/mol. The fraction of sp³-hybridized carbons (Fsp3) is 0.250. The van der Waals surface area contributed by atoms with Gasteiger partial charge in [-0.2, -0.15) is 0 Å². The zero-order valence-electron chi connectivity index (χ0n) is 12.0. The van der Waals surface area contributed by atoms with Gasteiger partial charge in [0.1, 0.15) is 5.82 Å². The summed E-state index contributed by atoms with van der Waals surface area (Å²) in [6.45, 7) is 1.88. The summed E-state index contributed by atoms with van der Waals surface area (Å²) in [5.41, 5.74) is 1.31. The number of rotatable bonds is 2. The van der Waals surface area contributed by atoms with Gasteiger partial charge in [-0.15, -0.1) is 0 Å². The highest BCUT2D eigenvalue weighted by Crippen LogP contribution is 2.35. The van der Waals surface area contributed by atoms with Crippen molar-refractivity contribution in [2.24, 2.45) is 0 Å². The molecule has 0 N–H and O–H groups in total. The van der Waals surface area contributed by atoms with Crippen LogP contribution in [0.25, 0.3) is 0 Å². The molecule has 1 aliphatic heterocycles. The molecule has 0 aromatic heterocycles. The molecule has 0 saturated heterocycles. The predicted octanol–water partition coefficient (Wildman–Crippen LogP) is 4.12. The van der Waals surface area contributed by atoms with Gasteiger partial charge >= 0.3 is 0 Å². The van der Waals surface area contributed by atoms with Gasteiger partial charge in [0.25, 0.3) is 10.0 Å². The van der Waals surface area contributed by atoms with Crippen molar-refractivity contribution in [1.82, 2.24) is 0 Å². The van der Waals surface area contributed by atoms with Crippen LogP contribution in [0.5, 0.6) is 0 Å². The van der Waals surface area contributed by atoms with Gasteiger partial charge in [0.2, 0.25) is 0 Å². The van der Waals surface area contributed by atoms with E-state index in [0.717, 1.165) is 10.0 Å². The van der Waals surface area contributed by atoms with E-state index in [1.165, 1.54) is 16.4 Å². The van der Waals surface area contributed by atoms with Gasteiger partial charge < -0.3 is 0 Å². The SMILES string of the molecule is C[C@H]1CCc2cc(F)ccc2N1S(=O)(=O)c1ccc(Br)cc1. The standard InChI is InChI=1S/C16H15BrFNO2S/c1-11-2-3-12-10-14(18)6-9-16(12)19(11)22(20,21)15-7-4-13(17)5-8-15/h4-11H,2-3H2,1H3/t11-/m0/s1. The van der Waals surface area contributed by atoms with Gasteiger partial charge in [0, 0.05) is 10.5 Å². The Morgan fingerprint density at radius 1 is 1.18 bits per heavy atom. The van der Waals surface area contributed by atoms with Crippen molar-refractivity contribution in [3.63, 3.8) is 0 Å². The summed E-state index contributed by atoms with van der Waals surface area (Å²) in [5, 5.41) is 0. The maximum atomic E-state index is 13.4. The van der Waals surface area contributed by atoms with E-state index in [2.05, 4.69) is 15.9 Å². The molecule has 6 heteroatoms. The summed E-state index contributed by atoms with van der Waals surface area (Å²) < 4.78 is 41.6. The quantitative estimate of drug-likeness (QED) is 0.781. The molecule has 1 heterocycles. The molecule has 0 bridgehead atoms. The van der Waals surface area contributed by atoms with Crippen LogP contribution in [0.2, 0.25) is 0 Å². The van der Waals surface area contributed by atoms with Crippen molar-refractivity contribution in [1.29, 1.82) is 0 Å². The summed E-state index contributed by atoms with van der Waals surface area (Å²) in [4.78, 5) is 0.236. The Kier molecular flexibility index (Phi) is 3.99. The van der Waals surface area contributed by atoms with Gasteiger partial charge in [-0.1, -0.05) is 15.9 Å². The third-order valence-electron chi connectivity index (χ3n) is 3.88. The fourth-order valence-electron chi connectivity index (χ4n) is 2.77. The molecule has 3 rings (SSSR count). The van der Waals surface area contributed by atoms with Gasteiger partial charge in [0.15, 0.2) is 0 Å². The number of fused-ring (bicyclic) bond motifs is 1. The molecule has 2 aromatic carbocycles. The summed E-state index contributed by atoms with van der Waals surface area (Å²) in [7, 11) is -3.66. The van der Waals surface area contributed by atoms with Crippen molar-refractivity contribution in [3.05, 3.63) is 58.3 Å². The second kappa shape index (κ2) is 5.66. The van der Waals surface area contributed by atoms with E-state index >= 15 is 0 Å². The molecular weight excluding hydrogens is 369 g/mol. The van der Waals surface area contributed by atoms with Gasteiger partial charge in [-0.05, 0) is 67.8 Å². The first-order valence-electron chi connectivity index (χ1n) is 6.98. The van der Waals surface area contributed by atoms with Crippen LogP contribution < -0.4 is 4.31 Å². The van der Waals surface area contributed by atoms with Crippen LogP contribution in [0.4, 0.5) is 10.1 Å². The third kappa shape index (κ3) is 2.65. The minimum absolute atomic E-state index is 0.161. The van der Waals surface area contributed by atoms with Crippen LogP contribution in [0.1, 0.15) is 18.9 Å². The molecule has 1 atom stereocenters. The molecule has 116 valence electrons. The molecule has 2 aromatic rings. The topological polar surface area (TPSA) is 37.4 Å². The highest BCUT2D eigenvalue weighted by molar-refractivity contribution is 9.10. The van der Waals surface area contributed by atoms with Crippen molar-refractivity contribution >= 4 is 31.6 Å². The Hall–Kier alpha value is -1.40. The zero-order valence-corrected chi connectivity index (χ0v) is 14.4. The first kappa shape index (κ1) is 15.5. The summed E-state index contributed by atoms with van der Waals surface area (Å²) >= 11 is 3.30. The Bertz CT molecular complexity index is 805. The molecule has 0 saturated carbocycles. The molecule has 1 aliphatic rings. The second-order valence-corrected chi connectivity index (χ2v) is 8.15. The Morgan fingerprint density at radius 2 is 1.86 bits per heavy atom. The van der Waals surface area contributed by atoms with Gasteiger partial charge in [-0.3, -0.25) is 4.31 Å². The third-order valence-corrected chi connectivity index (χ3v) is 6.35. The molecule has 3 nitrogen and oxygen atoms in total. The first-order valence-corrected chi connectivity index (χ1v) is 9.21. The van der Waals surface area contributed by atoms with E-state index < -0.39 is 10.0 Å². The van der Waals surface area contributed by atoms with Crippen molar-refractivity contribution in [2.75, 3.05) is 4.31 Å². The average molecular weight is 384 g/mol. The first-order chi connectivity index (χ1) is 10.4. The molecule has 0 fully saturated rings. The van der Waals surface area contributed by atoms with E-state index in [1.54, 1.807) is 30.3 Å². The number of halogens is 2. The summed E-state index contributed by atoms with van der Waals surface area (Å²) in [6, 6.07) is 10.7.